The van der Waals surface area contributed by atoms with Crippen molar-refractivity contribution in [2.24, 2.45) is 10.9 Å². The zero-order chi connectivity index (χ0) is 18.9. The molecule has 2 aliphatic rings. The molecule has 1 saturated carbocycles. The van der Waals surface area contributed by atoms with Crippen LogP contribution in [-0.4, -0.2) is 50.2 Å². The molecule has 0 atom stereocenters. The van der Waals surface area contributed by atoms with Gasteiger partial charge in [0.05, 0.1) is 6.61 Å². The van der Waals surface area contributed by atoms with Crippen LogP contribution in [0.4, 0.5) is 0 Å². The molecule has 1 aliphatic carbocycles. The molecule has 3 rings (SSSR count). The molecule has 0 amide bonds. The highest BCUT2D eigenvalue weighted by Crippen LogP contribution is 2.30. The van der Waals surface area contributed by atoms with Crippen LogP contribution in [0.2, 0.25) is 0 Å². The molecule has 1 aromatic rings. The van der Waals surface area contributed by atoms with Crippen molar-refractivity contribution in [3.63, 3.8) is 0 Å². The zero-order valence-corrected chi connectivity index (χ0v) is 19.8. The van der Waals surface area contributed by atoms with Gasteiger partial charge in [-0.1, -0.05) is 31.5 Å². The van der Waals surface area contributed by atoms with Gasteiger partial charge in [-0.05, 0) is 50.6 Å². The molecule has 0 radical (unpaired) electrons. The summed E-state index contributed by atoms with van der Waals surface area (Å²) in [7, 11) is 1.85. The summed E-state index contributed by atoms with van der Waals surface area (Å²) in [6.07, 6.45) is 7.59. The summed E-state index contributed by atoms with van der Waals surface area (Å²) in [4.78, 5) is 7.01. The quantitative estimate of drug-likeness (QED) is 0.306. The van der Waals surface area contributed by atoms with E-state index in [4.69, 9.17) is 4.74 Å². The minimum Gasteiger partial charge on any atom is -0.493 e. The van der Waals surface area contributed by atoms with E-state index in [-0.39, 0.29) is 24.0 Å². The van der Waals surface area contributed by atoms with Gasteiger partial charge in [0, 0.05) is 38.3 Å². The lowest BCUT2D eigenvalue weighted by Crippen LogP contribution is -2.48. The number of benzene rings is 1. The topological polar surface area (TPSA) is 48.9 Å². The van der Waals surface area contributed by atoms with E-state index in [1.165, 1.54) is 63.7 Å². The molecule has 6 heteroatoms. The van der Waals surface area contributed by atoms with E-state index in [0.29, 0.717) is 6.04 Å². The third-order valence-electron chi connectivity index (χ3n) is 5.57. The third kappa shape index (κ3) is 7.78. The van der Waals surface area contributed by atoms with Crippen LogP contribution in [0.25, 0.3) is 0 Å². The first-order valence-corrected chi connectivity index (χ1v) is 10.7. The van der Waals surface area contributed by atoms with Crippen molar-refractivity contribution in [3.8, 4) is 5.75 Å². The minimum absolute atomic E-state index is 0. The van der Waals surface area contributed by atoms with E-state index < -0.39 is 0 Å². The molecule has 158 valence electrons. The maximum atomic E-state index is 6.02. The monoisotopic (exact) mass is 500 g/mol. The van der Waals surface area contributed by atoms with Crippen LogP contribution in [0.15, 0.2) is 29.3 Å². The lowest BCUT2D eigenvalue weighted by Gasteiger charge is -2.33. The first kappa shape index (κ1) is 23.3. The van der Waals surface area contributed by atoms with Crippen LogP contribution >= 0.6 is 24.0 Å². The summed E-state index contributed by atoms with van der Waals surface area (Å²) in [6, 6.07) is 8.83. The Morgan fingerprint density at radius 3 is 2.61 bits per heavy atom. The first-order chi connectivity index (χ1) is 13.3. The largest absolute Gasteiger partial charge is 0.493 e. The Morgan fingerprint density at radius 2 is 1.93 bits per heavy atom. The van der Waals surface area contributed by atoms with E-state index in [9.17, 15) is 0 Å². The average Bonchev–Trinajstić information content (AvgIpc) is 3.54. The van der Waals surface area contributed by atoms with Gasteiger partial charge in [-0.15, -0.1) is 24.0 Å². The molecule has 28 heavy (non-hydrogen) atoms. The number of halogens is 1. The van der Waals surface area contributed by atoms with Crippen LogP contribution in [-0.2, 0) is 6.54 Å². The fourth-order valence-corrected chi connectivity index (χ4v) is 3.53. The number of unbranched alkanes of at least 4 members (excludes halogenated alkanes) is 1. The van der Waals surface area contributed by atoms with Gasteiger partial charge in [0.15, 0.2) is 5.96 Å². The first-order valence-electron chi connectivity index (χ1n) is 10.7. The van der Waals surface area contributed by atoms with E-state index in [1.54, 1.807) is 0 Å². The third-order valence-corrected chi connectivity index (χ3v) is 5.57. The van der Waals surface area contributed by atoms with Crippen molar-refractivity contribution in [1.82, 2.24) is 15.5 Å². The van der Waals surface area contributed by atoms with Crippen molar-refractivity contribution in [3.05, 3.63) is 29.8 Å². The van der Waals surface area contributed by atoms with Crippen LogP contribution in [0.1, 0.15) is 51.0 Å². The van der Waals surface area contributed by atoms with Crippen LogP contribution < -0.4 is 15.4 Å². The number of rotatable bonds is 9. The number of nitrogens with zero attached hydrogens (tertiary/aromatic N) is 2. The Bertz CT molecular complexity index is 598. The van der Waals surface area contributed by atoms with Gasteiger partial charge in [0.25, 0.3) is 0 Å². The highest BCUT2D eigenvalue weighted by Gasteiger charge is 2.22. The smallest absolute Gasteiger partial charge is 0.191 e. The van der Waals surface area contributed by atoms with Crippen molar-refractivity contribution < 1.29 is 4.74 Å². The fraction of sp³-hybridized carbons (Fsp3) is 0.682. The number of para-hydroxylation sites is 1. The summed E-state index contributed by atoms with van der Waals surface area (Å²) in [5.74, 6) is 2.65. The van der Waals surface area contributed by atoms with Crippen molar-refractivity contribution in [2.45, 2.75) is 58.0 Å². The summed E-state index contributed by atoms with van der Waals surface area (Å²) in [5.41, 5.74) is 1.19. The summed E-state index contributed by atoms with van der Waals surface area (Å²) >= 11 is 0. The molecule has 1 aliphatic heterocycles. The van der Waals surface area contributed by atoms with E-state index in [2.05, 4.69) is 45.6 Å². The Balaban J connectivity index is 0.00000280. The van der Waals surface area contributed by atoms with Crippen LogP contribution in [0.5, 0.6) is 5.75 Å². The maximum Gasteiger partial charge on any atom is 0.191 e. The van der Waals surface area contributed by atoms with Gasteiger partial charge in [0.2, 0.25) is 0 Å². The number of piperidine rings is 1. The van der Waals surface area contributed by atoms with Crippen molar-refractivity contribution in [2.75, 3.05) is 33.3 Å². The summed E-state index contributed by atoms with van der Waals surface area (Å²) < 4.78 is 6.02. The number of hydrogen-bond donors (Lipinski definition) is 2. The lowest BCUT2D eigenvalue weighted by atomic mass is 10.0. The van der Waals surface area contributed by atoms with Gasteiger partial charge in [0.1, 0.15) is 5.75 Å². The number of likely N-dealkylation sites (tertiary alicyclic amines) is 1. The van der Waals surface area contributed by atoms with Crippen molar-refractivity contribution >= 4 is 29.9 Å². The standard InChI is InChI=1S/C22H36N4O.HI/c1-3-4-13-26-14-11-20(12-15-26)25-22(23-2)24-16-19-7-5-6-8-21(19)27-17-18-9-10-18;/h5-8,18,20H,3-4,9-17H2,1-2H3,(H2,23,24,25);1H. The highest BCUT2D eigenvalue weighted by molar-refractivity contribution is 14.0. The second-order valence-corrected chi connectivity index (χ2v) is 7.90. The summed E-state index contributed by atoms with van der Waals surface area (Å²) in [6.45, 7) is 7.46. The predicted octanol–water partition coefficient (Wildman–Crippen LogP) is 4.02. The molecular formula is C22H37IN4O. The second kappa shape index (κ2) is 12.5. The Kier molecular flexibility index (Phi) is 10.4. The molecule has 0 unspecified atom stereocenters. The van der Waals surface area contributed by atoms with Gasteiger partial charge >= 0.3 is 0 Å². The van der Waals surface area contributed by atoms with Crippen molar-refractivity contribution in [1.29, 1.82) is 0 Å². The lowest BCUT2D eigenvalue weighted by molar-refractivity contribution is 0.203. The molecule has 0 bridgehead atoms. The number of ether oxygens (including phenoxy) is 1. The molecule has 2 N–H and O–H groups in total. The average molecular weight is 500 g/mol. The molecule has 2 fully saturated rings. The molecule has 0 spiro atoms. The maximum absolute atomic E-state index is 6.02. The van der Waals surface area contributed by atoms with Gasteiger partial charge in [-0.25, -0.2) is 0 Å². The molecular weight excluding hydrogens is 463 g/mol. The van der Waals surface area contributed by atoms with Gasteiger partial charge in [-0.2, -0.15) is 0 Å². The SMILES string of the molecule is CCCCN1CCC(NC(=NC)NCc2ccccc2OCC2CC2)CC1.I. The Hall–Kier alpha value is -1.02. The number of guanidine groups is 1. The molecule has 0 aromatic heterocycles. The van der Waals surface area contributed by atoms with E-state index in [1.807, 2.05) is 13.1 Å². The number of aliphatic imine (C=N–C) groups is 1. The second-order valence-electron chi connectivity index (χ2n) is 7.90. The molecule has 5 nitrogen and oxygen atoms in total. The highest BCUT2D eigenvalue weighted by atomic mass is 127. The molecule has 1 saturated heterocycles. The molecule has 1 aromatic carbocycles. The Labute approximate surface area is 187 Å². The van der Waals surface area contributed by atoms with Crippen LogP contribution in [0, 0.1) is 5.92 Å². The van der Waals surface area contributed by atoms with Gasteiger partial charge < -0.3 is 20.3 Å². The Morgan fingerprint density at radius 1 is 1.18 bits per heavy atom. The fourth-order valence-electron chi connectivity index (χ4n) is 3.53. The number of nitrogens with one attached hydrogen (secondary N) is 2. The normalized spacial score (nSPS) is 18.4. The summed E-state index contributed by atoms with van der Waals surface area (Å²) in [5, 5.41) is 7.07. The minimum atomic E-state index is 0. The number of hydrogen-bond acceptors (Lipinski definition) is 3. The van der Waals surface area contributed by atoms with E-state index >= 15 is 0 Å². The van der Waals surface area contributed by atoms with E-state index in [0.717, 1.165) is 30.8 Å². The molecule has 1 heterocycles. The zero-order valence-electron chi connectivity index (χ0n) is 17.5. The van der Waals surface area contributed by atoms with Gasteiger partial charge in [-0.3, -0.25) is 4.99 Å². The predicted molar refractivity (Wildman–Crippen MR) is 128 cm³/mol. The van der Waals surface area contributed by atoms with Crippen LogP contribution in [0.3, 0.4) is 0 Å².